The largest absolute Gasteiger partial charge is 0.314 e. The summed E-state index contributed by atoms with van der Waals surface area (Å²) in [7, 11) is -2.96. The summed E-state index contributed by atoms with van der Waals surface area (Å²) < 4.78 is 26.1. The van der Waals surface area contributed by atoms with Crippen LogP contribution in [0.4, 0.5) is 0 Å². The second-order valence-corrected chi connectivity index (χ2v) is 7.56. The Morgan fingerprint density at radius 2 is 2.06 bits per heavy atom. The summed E-state index contributed by atoms with van der Waals surface area (Å²) in [6.07, 6.45) is 3.88. The number of hydrogen-bond donors (Lipinski definition) is 1. The van der Waals surface area contributed by atoms with Gasteiger partial charge in [0.2, 0.25) is 10.0 Å². The van der Waals surface area contributed by atoms with E-state index in [9.17, 15) is 8.42 Å². The number of piperidine rings is 1. The Labute approximate surface area is 105 Å². The van der Waals surface area contributed by atoms with Crippen LogP contribution in [-0.4, -0.2) is 43.6 Å². The van der Waals surface area contributed by atoms with Gasteiger partial charge in [-0.05, 0) is 45.1 Å². The lowest BCUT2D eigenvalue weighted by atomic mass is 9.93. The fourth-order valence-corrected chi connectivity index (χ4v) is 4.61. The van der Waals surface area contributed by atoms with E-state index in [0.29, 0.717) is 18.5 Å². The topological polar surface area (TPSA) is 49.4 Å². The minimum absolute atomic E-state index is 0.0595. The molecule has 2 rings (SSSR count). The van der Waals surface area contributed by atoms with Crippen LogP contribution in [0.3, 0.4) is 0 Å². The van der Waals surface area contributed by atoms with Crippen LogP contribution in [-0.2, 0) is 10.0 Å². The second-order valence-electron chi connectivity index (χ2n) is 5.35. The molecule has 0 aromatic heterocycles. The zero-order chi connectivity index (χ0) is 12.5. The Morgan fingerprint density at radius 3 is 2.65 bits per heavy atom. The van der Waals surface area contributed by atoms with Gasteiger partial charge in [-0.15, -0.1) is 0 Å². The van der Waals surface area contributed by atoms with Crippen molar-refractivity contribution in [3.63, 3.8) is 0 Å². The number of hydrogen-bond acceptors (Lipinski definition) is 3. The van der Waals surface area contributed by atoms with Crippen molar-refractivity contribution in [2.45, 2.75) is 50.8 Å². The van der Waals surface area contributed by atoms with Gasteiger partial charge < -0.3 is 5.32 Å². The monoisotopic (exact) mass is 260 g/mol. The van der Waals surface area contributed by atoms with Crippen LogP contribution in [0.25, 0.3) is 0 Å². The number of nitrogens with one attached hydrogen (secondary N) is 1. The molecule has 1 N–H and O–H groups in total. The molecule has 0 radical (unpaired) electrons. The van der Waals surface area contributed by atoms with Crippen molar-refractivity contribution in [1.82, 2.24) is 9.62 Å². The molecular formula is C12H24N2O2S. The van der Waals surface area contributed by atoms with Crippen molar-refractivity contribution < 1.29 is 8.42 Å². The minimum atomic E-state index is -2.96. The first kappa shape index (κ1) is 13.3. The van der Waals surface area contributed by atoms with Crippen molar-refractivity contribution >= 4 is 10.0 Å². The van der Waals surface area contributed by atoms with Gasteiger partial charge in [-0.2, -0.15) is 0 Å². The van der Waals surface area contributed by atoms with Crippen LogP contribution < -0.4 is 5.32 Å². The van der Waals surface area contributed by atoms with Crippen LogP contribution in [0.5, 0.6) is 0 Å². The maximum absolute atomic E-state index is 12.2. The summed E-state index contributed by atoms with van der Waals surface area (Å²) in [4.78, 5) is 0. The van der Waals surface area contributed by atoms with Crippen LogP contribution in [0.1, 0.15) is 39.5 Å². The van der Waals surface area contributed by atoms with Crippen LogP contribution >= 0.6 is 0 Å². The molecule has 4 nitrogen and oxygen atoms in total. The van der Waals surface area contributed by atoms with Gasteiger partial charge in [-0.1, -0.05) is 6.92 Å². The SMILES string of the molecule is CCNC(C)C1CCCN(S(=O)(=O)C2CC2)C1. The Morgan fingerprint density at radius 1 is 1.35 bits per heavy atom. The first-order chi connectivity index (χ1) is 8.05. The Balaban J connectivity index is 1.97. The standard InChI is InChI=1S/C12H24N2O2S/c1-3-13-10(2)11-5-4-8-14(9-11)17(15,16)12-6-7-12/h10-13H,3-9H2,1-2H3. The van der Waals surface area contributed by atoms with E-state index in [0.717, 1.165) is 38.8 Å². The van der Waals surface area contributed by atoms with Crippen molar-refractivity contribution in [3.05, 3.63) is 0 Å². The van der Waals surface area contributed by atoms with E-state index >= 15 is 0 Å². The number of sulfonamides is 1. The first-order valence-corrected chi connectivity index (χ1v) is 8.28. The lowest BCUT2D eigenvalue weighted by molar-refractivity contribution is 0.225. The molecule has 1 saturated carbocycles. The van der Waals surface area contributed by atoms with E-state index in [1.165, 1.54) is 0 Å². The first-order valence-electron chi connectivity index (χ1n) is 6.78. The molecule has 2 fully saturated rings. The number of rotatable bonds is 5. The van der Waals surface area contributed by atoms with Crippen molar-refractivity contribution in [2.24, 2.45) is 5.92 Å². The van der Waals surface area contributed by atoms with Gasteiger partial charge in [0.15, 0.2) is 0 Å². The molecule has 1 aliphatic carbocycles. The molecule has 1 saturated heterocycles. The summed E-state index contributed by atoms with van der Waals surface area (Å²) in [6.45, 7) is 6.66. The van der Waals surface area contributed by atoms with Crippen molar-refractivity contribution in [2.75, 3.05) is 19.6 Å². The maximum atomic E-state index is 12.2. The third-order valence-electron chi connectivity index (χ3n) is 3.96. The Bertz CT molecular complexity index is 352. The van der Waals surface area contributed by atoms with Gasteiger partial charge >= 0.3 is 0 Å². The highest BCUT2D eigenvalue weighted by Gasteiger charge is 2.41. The third kappa shape index (κ3) is 3.01. The van der Waals surface area contributed by atoms with E-state index in [-0.39, 0.29) is 5.25 Å². The van der Waals surface area contributed by atoms with E-state index in [1.807, 2.05) is 0 Å². The molecule has 2 atom stereocenters. The molecule has 0 amide bonds. The molecule has 0 bridgehead atoms. The third-order valence-corrected chi connectivity index (χ3v) is 6.32. The maximum Gasteiger partial charge on any atom is 0.216 e. The quantitative estimate of drug-likeness (QED) is 0.808. The Kier molecular flexibility index (Phi) is 4.10. The fourth-order valence-electron chi connectivity index (χ4n) is 2.68. The summed E-state index contributed by atoms with van der Waals surface area (Å²) in [6, 6.07) is 0.414. The summed E-state index contributed by atoms with van der Waals surface area (Å²) >= 11 is 0. The molecule has 5 heteroatoms. The summed E-state index contributed by atoms with van der Waals surface area (Å²) in [5, 5.41) is 3.35. The molecule has 0 aromatic rings. The summed E-state index contributed by atoms with van der Waals surface area (Å²) in [5.74, 6) is 0.470. The average Bonchev–Trinajstić information content (AvgIpc) is 3.13. The molecule has 100 valence electrons. The molecule has 0 aromatic carbocycles. The highest BCUT2D eigenvalue weighted by molar-refractivity contribution is 7.90. The van der Waals surface area contributed by atoms with Gasteiger partial charge in [-0.25, -0.2) is 12.7 Å². The predicted molar refractivity (Wildman–Crippen MR) is 69.4 cm³/mol. The van der Waals surface area contributed by atoms with Gasteiger partial charge in [0.05, 0.1) is 5.25 Å². The molecule has 1 heterocycles. The van der Waals surface area contributed by atoms with Crippen LogP contribution in [0.15, 0.2) is 0 Å². The molecular weight excluding hydrogens is 236 g/mol. The van der Waals surface area contributed by atoms with Gasteiger partial charge in [-0.3, -0.25) is 0 Å². The van der Waals surface area contributed by atoms with E-state index in [1.54, 1.807) is 4.31 Å². The molecule has 1 aliphatic heterocycles. The fraction of sp³-hybridized carbons (Fsp3) is 1.00. The van der Waals surface area contributed by atoms with E-state index in [2.05, 4.69) is 19.2 Å². The van der Waals surface area contributed by atoms with Crippen LogP contribution in [0, 0.1) is 5.92 Å². The van der Waals surface area contributed by atoms with Gasteiger partial charge in [0.25, 0.3) is 0 Å². The van der Waals surface area contributed by atoms with E-state index in [4.69, 9.17) is 0 Å². The molecule has 0 spiro atoms. The van der Waals surface area contributed by atoms with Crippen molar-refractivity contribution in [1.29, 1.82) is 0 Å². The lowest BCUT2D eigenvalue weighted by Gasteiger charge is -2.35. The molecule has 17 heavy (non-hydrogen) atoms. The minimum Gasteiger partial charge on any atom is -0.314 e. The smallest absolute Gasteiger partial charge is 0.216 e. The highest BCUT2D eigenvalue weighted by Crippen LogP contribution is 2.33. The number of nitrogens with zero attached hydrogens (tertiary/aromatic N) is 1. The van der Waals surface area contributed by atoms with Crippen molar-refractivity contribution in [3.8, 4) is 0 Å². The molecule has 2 aliphatic rings. The summed E-state index contributed by atoms with van der Waals surface area (Å²) in [5.41, 5.74) is 0. The highest BCUT2D eigenvalue weighted by atomic mass is 32.2. The van der Waals surface area contributed by atoms with Gasteiger partial charge in [0.1, 0.15) is 0 Å². The predicted octanol–water partition coefficient (Wildman–Crippen LogP) is 1.19. The van der Waals surface area contributed by atoms with Crippen LogP contribution in [0.2, 0.25) is 0 Å². The Hall–Kier alpha value is -0.130. The zero-order valence-corrected chi connectivity index (χ0v) is 11.7. The van der Waals surface area contributed by atoms with Gasteiger partial charge in [0, 0.05) is 19.1 Å². The van der Waals surface area contributed by atoms with E-state index < -0.39 is 10.0 Å². The average molecular weight is 260 g/mol. The zero-order valence-electron chi connectivity index (χ0n) is 10.9. The lowest BCUT2D eigenvalue weighted by Crippen LogP contribution is -2.47. The molecule has 2 unspecified atom stereocenters. The normalized spacial score (nSPS) is 29.2. The second kappa shape index (κ2) is 5.24.